The van der Waals surface area contributed by atoms with Gasteiger partial charge in [0.05, 0.1) is 6.07 Å². The molecule has 1 fully saturated rings. The molecule has 21 heavy (non-hydrogen) atoms. The van der Waals surface area contributed by atoms with Crippen LogP contribution in [0.25, 0.3) is 0 Å². The van der Waals surface area contributed by atoms with Crippen LogP contribution in [0, 0.1) is 11.3 Å². The average Bonchev–Trinajstić information content (AvgIpc) is 2.49. The summed E-state index contributed by atoms with van der Waals surface area (Å²) in [6.45, 7) is 1.06. The normalized spacial score (nSPS) is 15.1. The lowest BCUT2D eigenvalue weighted by atomic mass is 10.1. The quantitative estimate of drug-likeness (QED) is 0.917. The van der Waals surface area contributed by atoms with Crippen molar-refractivity contribution in [2.75, 3.05) is 13.1 Å². The number of benzene rings is 1. The van der Waals surface area contributed by atoms with E-state index in [9.17, 15) is 9.59 Å². The lowest BCUT2D eigenvalue weighted by Crippen LogP contribution is -2.47. The van der Waals surface area contributed by atoms with Crippen LogP contribution < -0.4 is 10.1 Å². The molecule has 2 rings (SSSR count). The van der Waals surface area contributed by atoms with Crippen molar-refractivity contribution in [2.24, 2.45) is 0 Å². The highest BCUT2D eigenvalue weighted by Crippen LogP contribution is 2.14. The molecule has 1 N–H and O–H groups in total. The third-order valence-electron chi connectivity index (χ3n) is 3.31. The Balaban J connectivity index is 1.77. The van der Waals surface area contributed by atoms with Gasteiger partial charge in [0.2, 0.25) is 5.91 Å². The van der Waals surface area contributed by atoms with Crippen LogP contribution in [0.5, 0.6) is 5.75 Å². The van der Waals surface area contributed by atoms with Crippen LogP contribution in [0.2, 0.25) is 0 Å². The Bertz CT molecular complexity index is 531. The van der Waals surface area contributed by atoms with E-state index in [1.54, 1.807) is 29.2 Å². The summed E-state index contributed by atoms with van der Waals surface area (Å²) < 4.78 is 5.27. The molecule has 6 nitrogen and oxygen atoms in total. The summed E-state index contributed by atoms with van der Waals surface area (Å²) >= 11 is 0. The van der Waals surface area contributed by atoms with E-state index in [-0.39, 0.29) is 24.5 Å². The molecule has 110 valence electrons. The highest BCUT2D eigenvalue weighted by Gasteiger charge is 2.24. The number of likely N-dealkylation sites (tertiary alicyclic amines) is 1. The second-order valence-corrected chi connectivity index (χ2v) is 4.84. The topological polar surface area (TPSA) is 82.4 Å². The molecule has 0 aliphatic carbocycles. The molecular weight excluding hydrogens is 270 g/mol. The number of piperidine rings is 1. The Morgan fingerprint density at radius 2 is 1.95 bits per heavy atom. The van der Waals surface area contributed by atoms with Crippen molar-refractivity contribution >= 4 is 12.0 Å². The number of nitrogens with zero attached hydrogens (tertiary/aromatic N) is 2. The van der Waals surface area contributed by atoms with Gasteiger partial charge in [-0.2, -0.15) is 5.26 Å². The van der Waals surface area contributed by atoms with Gasteiger partial charge in [0.25, 0.3) is 0 Å². The van der Waals surface area contributed by atoms with Crippen molar-refractivity contribution in [3.8, 4) is 11.8 Å². The van der Waals surface area contributed by atoms with E-state index < -0.39 is 0 Å². The first-order chi connectivity index (χ1) is 10.2. The van der Waals surface area contributed by atoms with E-state index in [4.69, 9.17) is 10.00 Å². The van der Waals surface area contributed by atoms with Crippen molar-refractivity contribution in [1.29, 1.82) is 5.26 Å². The van der Waals surface area contributed by atoms with Gasteiger partial charge in [0.15, 0.2) is 0 Å². The SMILES string of the molecule is N#CCC(=O)NC1CCN(C(=O)Oc2ccccc2)CC1. The van der Waals surface area contributed by atoms with Crippen LogP contribution in [0.1, 0.15) is 19.3 Å². The molecule has 0 saturated carbocycles. The number of rotatable bonds is 3. The minimum absolute atomic E-state index is 0.0200. The number of amides is 2. The van der Waals surface area contributed by atoms with E-state index in [0.29, 0.717) is 31.7 Å². The molecule has 1 saturated heterocycles. The number of nitriles is 1. The van der Waals surface area contributed by atoms with Crippen molar-refractivity contribution in [3.05, 3.63) is 30.3 Å². The molecule has 1 aliphatic heterocycles. The Morgan fingerprint density at radius 3 is 2.57 bits per heavy atom. The molecule has 2 amide bonds. The van der Waals surface area contributed by atoms with Gasteiger partial charge in [-0.05, 0) is 25.0 Å². The first kappa shape index (κ1) is 14.9. The number of carbonyl (C=O) groups excluding carboxylic acids is 2. The summed E-state index contributed by atoms with van der Waals surface area (Å²) in [5, 5.41) is 11.2. The largest absolute Gasteiger partial charge is 0.415 e. The molecule has 0 aromatic heterocycles. The van der Waals surface area contributed by atoms with Gasteiger partial charge in [0.1, 0.15) is 12.2 Å². The third kappa shape index (κ3) is 4.49. The van der Waals surface area contributed by atoms with Gasteiger partial charge in [-0.3, -0.25) is 4.79 Å². The molecule has 1 aromatic rings. The minimum atomic E-state index is -0.372. The lowest BCUT2D eigenvalue weighted by molar-refractivity contribution is -0.121. The standard InChI is InChI=1S/C15H17N3O3/c16-9-6-14(19)17-12-7-10-18(11-8-12)15(20)21-13-4-2-1-3-5-13/h1-5,12H,6-8,10-11H2,(H,17,19). The second-order valence-electron chi connectivity index (χ2n) is 4.84. The zero-order valence-corrected chi connectivity index (χ0v) is 11.6. The molecule has 6 heteroatoms. The van der Waals surface area contributed by atoms with Crippen molar-refractivity contribution in [1.82, 2.24) is 10.2 Å². The molecule has 0 unspecified atom stereocenters. The first-order valence-corrected chi connectivity index (χ1v) is 6.87. The zero-order chi connectivity index (χ0) is 15.1. The first-order valence-electron chi connectivity index (χ1n) is 6.87. The Hall–Kier alpha value is -2.55. The maximum absolute atomic E-state index is 12.0. The van der Waals surface area contributed by atoms with E-state index in [1.165, 1.54) is 0 Å². The van der Waals surface area contributed by atoms with Crippen LogP contribution in [0.4, 0.5) is 4.79 Å². The fourth-order valence-corrected chi connectivity index (χ4v) is 2.21. The monoisotopic (exact) mass is 287 g/mol. The molecule has 0 radical (unpaired) electrons. The van der Waals surface area contributed by atoms with E-state index in [1.807, 2.05) is 12.1 Å². The third-order valence-corrected chi connectivity index (χ3v) is 3.31. The zero-order valence-electron chi connectivity index (χ0n) is 11.6. The number of para-hydroxylation sites is 1. The van der Waals surface area contributed by atoms with Crippen LogP contribution in [0.15, 0.2) is 30.3 Å². The highest BCUT2D eigenvalue weighted by molar-refractivity contribution is 5.78. The minimum Gasteiger partial charge on any atom is -0.410 e. The van der Waals surface area contributed by atoms with Crippen molar-refractivity contribution < 1.29 is 14.3 Å². The van der Waals surface area contributed by atoms with Crippen LogP contribution in [-0.2, 0) is 4.79 Å². The van der Waals surface area contributed by atoms with Gasteiger partial charge in [0, 0.05) is 19.1 Å². The number of ether oxygens (including phenoxy) is 1. The van der Waals surface area contributed by atoms with Gasteiger partial charge < -0.3 is 15.0 Å². The summed E-state index contributed by atoms with van der Waals surface area (Å²) in [5.41, 5.74) is 0. The number of carbonyl (C=O) groups is 2. The maximum Gasteiger partial charge on any atom is 0.415 e. The molecule has 1 aliphatic rings. The van der Waals surface area contributed by atoms with Gasteiger partial charge in [-0.15, -0.1) is 0 Å². The number of nitrogens with one attached hydrogen (secondary N) is 1. The van der Waals surface area contributed by atoms with E-state index in [0.717, 1.165) is 0 Å². The fourth-order valence-electron chi connectivity index (χ4n) is 2.21. The summed E-state index contributed by atoms with van der Waals surface area (Å²) in [7, 11) is 0. The van der Waals surface area contributed by atoms with Crippen molar-refractivity contribution in [3.63, 3.8) is 0 Å². The van der Waals surface area contributed by atoms with Gasteiger partial charge >= 0.3 is 6.09 Å². The molecular formula is C15H17N3O3. The smallest absolute Gasteiger partial charge is 0.410 e. The van der Waals surface area contributed by atoms with Crippen LogP contribution in [-0.4, -0.2) is 36.0 Å². The second kappa shape index (κ2) is 7.29. The molecule has 0 atom stereocenters. The average molecular weight is 287 g/mol. The summed E-state index contributed by atoms with van der Waals surface area (Å²) in [6, 6.07) is 10.8. The van der Waals surface area contributed by atoms with Gasteiger partial charge in [-0.1, -0.05) is 18.2 Å². The van der Waals surface area contributed by atoms with Gasteiger partial charge in [-0.25, -0.2) is 4.79 Å². The summed E-state index contributed by atoms with van der Waals surface area (Å²) in [4.78, 5) is 24.9. The number of hydrogen-bond donors (Lipinski definition) is 1. The van der Waals surface area contributed by atoms with E-state index >= 15 is 0 Å². The van der Waals surface area contributed by atoms with E-state index in [2.05, 4.69) is 5.32 Å². The highest BCUT2D eigenvalue weighted by atomic mass is 16.6. The predicted molar refractivity (Wildman–Crippen MR) is 75.4 cm³/mol. The van der Waals surface area contributed by atoms with Crippen molar-refractivity contribution in [2.45, 2.75) is 25.3 Å². The molecule has 0 bridgehead atoms. The van der Waals surface area contributed by atoms with Crippen LogP contribution in [0.3, 0.4) is 0 Å². The predicted octanol–water partition coefficient (Wildman–Crippen LogP) is 1.68. The molecule has 0 spiro atoms. The molecule has 1 heterocycles. The fraction of sp³-hybridized carbons (Fsp3) is 0.400. The summed E-state index contributed by atoms with van der Waals surface area (Å²) in [6.07, 6.45) is 0.835. The molecule has 1 aromatic carbocycles. The number of hydrogen-bond acceptors (Lipinski definition) is 4. The Labute approximate surface area is 123 Å². The summed E-state index contributed by atoms with van der Waals surface area (Å²) in [5.74, 6) is 0.259. The Kier molecular flexibility index (Phi) is 5.16. The van der Waals surface area contributed by atoms with Crippen LogP contribution >= 0.6 is 0 Å². The lowest BCUT2D eigenvalue weighted by Gasteiger charge is -2.31. The Morgan fingerprint density at radius 1 is 1.29 bits per heavy atom. The maximum atomic E-state index is 12.0.